The van der Waals surface area contributed by atoms with Crippen LogP contribution in [0.5, 0.6) is 5.75 Å². The van der Waals surface area contributed by atoms with Gasteiger partial charge in [-0.25, -0.2) is 19.5 Å². The number of fused-ring (bicyclic) bond motifs is 1. The van der Waals surface area contributed by atoms with Gasteiger partial charge in [0.2, 0.25) is 0 Å². The van der Waals surface area contributed by atoms with Gasteiger partial charge in [-0.1, -0.05) is 44.9 Å². The molecule has 0 aliphatic carbocycles. The Hall–Kier alpha value is -3.13. The first-order valence-electron chi connectivity index (χ1n) is 13.0. The number of anilines is 1. The lowest BCUT2D eigenvalue weighted by atomic mass is 10.1. The molecule has 4 rings (SSSR count). The zero-order valence-corrected chi connectivity index (χ0v) is 23.4. The Kier molecular flexibility index (Phi) is 9.72. The number of para-hydroxylation sites is 1. The molecule has 0 amide bonds. The number of nitrogens with zero attached hydrogens (tertiary/aromatic N) is 4. The third-order valence-electron chi connectivity index (χ3n) is 6.70. The van der Waals surface area contributed by atoms with E-state index in [4.69, 9.17) is 24.3 Å². The van der Waals surface area contributed by atoms with Crippen molar-refractivity contribution in [2.24, 2.45) is 5.92 Å². The number of hydrogen-bond donors (Lipinski definition) is 4. The number of nitrogens with two attached hydrogens (primary N) is 1. The van der Waals surface area contributed by atoms with E-state index in [0.717, 1.165) is 12.8 Å². The Bertz CT molecular complexity index is 1320. The zero-order valence-electron chi connectivity index (χ0n) is 22.5. The molecular weight excluding hydrogens is 543 g/mol. The molecule has 3 aromatic rings. The number of ether oxygens (including phenoxy) is 2. The van der Waals surface area contributed by atoms with Gasteiger partial charge in [0.1, 0.15) is 41.9 Å². The van der Waals surface area contributed by atoms with Gasteiger partial charge in [-0.15, -0.1) is 0 Å². The summed E-state index contributed by atoms with van der Waals surface area (Å²) in [7, 11) is -4.22. The molecule has 0 spiro atoms. The molecule has 218 valence electrons. The van der Waals surface area contributed by atoms with E-state index in [-0.39, 0.29) is 24.1 Å². The Balaban J connectivity index is 1.46. The van der Waals surface area contributed by atoms with Crippen LogP contribution in [0.25, 0.3) is 11.2 Å². The Morgan fingerprint density at radius 2 is 1.90 bits per heavy atom. The van der Waals surface area contributed by atoms with E-state index < -0.39 is 50.9 Å². The second-order valence-corrected chi connectivity index (χ2v) is 11.2. The Morgan fingerprint density at radius 1 is 1.18 bits per heavy atom. The molecule has 1 aromatic carbocycles. The Labute approximate surface area is 231 Å². The lowest BCUT2D eigenvalue weighted by molar-refractivity contribution is -0.146. The minimum atomic E-state index is -4.22. The molecule has 1 aliphatic rings. The topological polar surface area (TPSA) is 193 Å². The standard InChI is InChI=1S/C25H35N6O8P/c1-4-16(5-2)11-36-25(34)15(3)30-40(35,39-17-9-7-6-8-10-17)37-12-18-20(32)21(33)24(38-18)31-14-29-19-22(26)27-13-28-23(19)31/h6-10,13-16,18,20-21,24,32-33H,4-5,11-12H2,1-3H3,(H,30,35)(H2,26,27,28)/t15-,18+,20+,21+,24+,40-/m0/s1. The molecule has 5 N–H and O–H groups in total. The van der Waals surface area contributed by atoms with Crippen LogP contribution in [0, 0.1) is 5.92 Å². The van der Waals surface area contributed by atoms with Gasteiger partial charge in [-0.05, 0) is 25.0 Å². The number of carbonyl (C=O) groups excluding carboxylic acids is 1. The highest BCUT2D eigenvalue weighted by Gasteiger charge is 2.46. The van der Waals surface area contributed by atoms with Crippen molar-refractivity contribution in [3.05, 3.63) is 43.0 Å². The average molecular weight is 579 g/mol. The molecule has 1 aliphatic heterocycles. The van der Waals surface area contributed by atoms with E-state index >= 15 is 0 Å². The van der Waals surface area contributed by atoms with Gasteiger partial charge in [-0.3, -0.25) is 13.9 Å². The molecule has 1 saturated heterocycles. The van der Waals surface area contributed by atoms with Gasteiger partial charge >= 0.3 is 13.7 Å². The number of aliphatic hydroxyl groups excluding tert-OH is 2. The van der Waals surface area contributed by atoms with Gasteiger partial charge in [0, 0.05) is 0 Å². The summed E-state index contributed by atoms with van der Waals surface area (Å²) in [6.45, 7) is 5.30. The zero-order chi connectivity index (χ0) is 28.9. The second-order valence-electron chi connectivity index (χ2n) is 9.49. The van der Waals surface area contributed by atoms with Crippen LogP contribution in [0.3, 0.4) is 0 Å². The van der Waals surface area contributed by atoms with Crippen molar-refractivity contribution in [2.45, 2.75) is 64.2 Å². The summed E-state index contributed by atoms with van der Waals surface area (Å²) in [6, 6.07) is 7.23. The van der Waals surface area contributed by atoms with Gasteiger partial charge in [0.05, 0.1) is 19.5 Å². The van der Waals surface area contributed by atoms with Gasteiger partial charge in [0.25, 0.3) is 0 Å². The molecule has 0 saturated carbocycles. The summed E-state index contributed by atoms with van der Waals surface area (Å²) < 4.78 is 37.8. The predicted octanol–water partition coefficient (Wildman–Crippen LogP) is 2.19. The molecule has 0 bridgehead atoms. The smallest absolute Gasteiger partial charge is 0.459 e. The van der Waals surface area contributed by atoms with E-state index in [9.17, 15) is 19.6 Å². The third kappa shape index (κ3) is 6.77. The lowest BCUT2D eigenvalue weighted by Gasteiger charge is -2.25. The quantitative estimate of drug-likeness (QED) is 0.170. The number of benzene rings is 1. The average Bonchev–Trinajstić information content (AvgIpc) is 3.50. The van der Waals surface area contributed by atoms with Gasteiger partial charge in [-0.2, -0.15) is 5.09 Å². The fraction of sp³-hybridized carbons (Fsp3) is 0.520. The van der Waals surface area contributed by atoms with Crippen LogP contribution in [0.15, 0.2) is 43.0 Å². The highest BCUT2D eigenvalue weighted by Crippen LogP contribution is 2.46. The first-order valence-corrected chi connectivity index (χ1v) is 14.6. The predicted molar refractivity (Wildman–Crippen MR) is 144 cm³/mol. The van der Waals surface area contributed by atoms with Crippen LogP contribution < -0.4 is 15.3 Å². The maximum absolute atomic E-state index is 13.8. The number of esters is 1. The number of rotatable bonds is 13. The number of nitrogen functional groups attached to an aromatic ring is 1. The number of nitrogens with one attached hydrogen (secondary N) is 1. The number of hydrogen-bond acceptors (Lipinski definition) is 12. The number of aliphatic hydroxyl groups is 2. The summed E-state index contributed by atoms with van der Waals surface area (Å²) in [5.41, 5.74) is 6.45. The van der Waals surface area contributed by atoms with Crippen molar-refractivity contribution in [1.82, 2.24) is 24.6 Å². The third-order valence-corrected chi connectivity index (χ3v) is 8.34. The van der Waals surface area contributed by atoms with Crippen LogP contribution >= 0.6 is 7.75 Å². The van der Waals surface area contributed by atoms with Crippen LogP contribution in [-0.2, 0) is 23.4 Å². The molecule has 2 aromatic heterocycles. The number of aromatic nitrogens is 4. The van der Waals surface area contributed by atoms with Crippen molar-refractivity contribution < 1.29 is 38.1 Å². The highest BCUT2D eigenvalue weighted by atomic mass is 31.2. The largest absolute Gasteiger partial charge is 0.464 e. The molecule has 0 unspecified atom stereocenters. The SMILES string of the molecule is CCC(CC)COC(=O)[C@H](C)N[P@](=O)(OC[C@H]1O[C@@H](n2cnc3c(N)ncnc32)[C@H](O)[C@@H]1O)Oc1ccccc1. The van der Waals surface area contributed by atoms with Crippen molar-refractivity contribution >= 4 is 30.7 Å². The summed E-state index contributed by atoms with van der Waals surface area (Å²) in [4.78, 5) is 24.8. The molecular formula is C25H35N6O8P. The summed E-state index contributed by atoms with van der Waals surface area (Å²) in [5.74, 6) is -0.0258. The minimum Gasteiger partial charge on any atom is -0.464 e. The van der Waals surface area contributed by atoms with Gasteiger partial charge < -0.3 is 29.9 Å². The molecule has 3 heterocycles. The second kappa shape index (κ2) is 13.0. The minimum absolute atomic E-state index is 0.147. The number of carbonyl (C=O) groups is 1. The van der Waals surface area contributed by atoms with Gasteiger partial charge in [0.15, 0.2) is 17.7 Å². The summed E-state index contributed by atoms with van der Waals surface area (Å²) in [6.07, 6.45) is -0.718. The monoisotopic (exact) mass is 578 g/mol. The maximum atomic E-state index is 13.8. The van der Waals surface area contributed by atoms with Crippen molar-refractivity contribution in [1.29, 1.82) is 0 Å². The van der Waals surface area contributed by atoms with Crippen LogP contribution in [-0.4, -0.2) is 73.3 Å². The van der Waals surface area contributed by atoms with E-state index in [1.54, 1.807) is 30.3 Å². The maximum Gasteiger partial charge on any atom is 0.459 e. The summed E-state index contributed by atoms with van der Waals surface area (Å²) >= 11 is 0. The number of imidazole rings is 1. The molecule has 15 heteroatoms. The molecule has 40 heavy (non-hydrogen) atoms. The first-order chi connectivity index (χ1) is 19.2. The van der Waals surface area contributed by atoms with E-state index in [1.165, 1.54) is 24.1 Å². The van der Waals surface area contributed by atoms with E-state index in [1.807, 2.05) is 13.8 Å². The van der Waals surface area contributed by atoms with E-state index in [2.05, 4.69) is 20.0 Å². The van der Waals surface area contributed by atoms with Crippen molar-refractivity contribution in [2.75, 3.05) is 18.9 Å². The lowest BCUT2D eigenvalue weighted by Crippen LogP contribution is -2.37. The summed E-state index contributed by atoms with van der Waals surface area (Å²) in [5, 5.41) is 24.0. The molecule has 1 fully saturated rings. The normalized spacial score (nSPS) is 23.2. The molecule has 14 nitrogen and oxygen atoms in total. The fourth-order valence-corrected chi connectivity index (χ4v) is 5.68. The fourth-order valence-electron chi connectivity index (χ4n) is 4.17. The van der Waals surface area contributed by atoms with Crippen molar-refractivity contribution in [3.63, 3.8) is 0 Å². The van der Waals surface area contributed by atoms with Crippen LogP contribution in [0.1, 0.15) is 39.8 Å². The van der Waals surface area contributed by atoms with Crippen LogP contribution in [0.2, 0.25) is 0 Å². The van der Waals surface area contributed by atoms with E-state index in [0.29, 0.717) is 11.2 Å². The van der Waals surface area contributed by atoms with Crippen molar-refractivity contribution in [3.8, 4) is 5.75 Å². The molecule has 6 atom stereocenters. The molecule has 0 radical (unpaired) electrons. The van der Waals surface area contributed by atoms with Crippen LogP contribution in [0.4, 0.5) is 5.82 Å². The first kappa shape index (κ1) is 29.8. The Morgan fingerprint density at radius 3 is 2.60 bits per heavy atom. The highest BCUT2D eigenvalue weighted by molar-refractivity contribution is 7.52.